The monoisotopic (exact) mass is 308 g/mol. The molecule has 1 aliphatic heterocycles. The van der Waals surface area contributed by atoms with Gasteiger partial charge in [0.05, 0.1) is 18.8 Å². The number of carbonyl (C=O) groups excluding carboxylic acids is 1. The molecular weight excluding hydrogens is 288 g/mol. The van der Waals surface area contributed by atoms with Crippen molar-refractivity contribution < 1.29 is 4.79 Å². The zero-order valence-electron chi connectivity index (χ0n) is 13.0. The van der Waals surface area contributed by atoms with E-state index in [1.54, 1.807) is 6.20 Å². The fraction of sp³-hybridized carbons (Fsp3) is 0.333. The Bertz CT molecular complexity index is 685. The summed E-state index contributed by atoms with van der Waals surface area (Å²) in [5.74, 6) is 6.04. The van der Waals surface area contributed by atoms with Crippen LogP contribution in [0.3, 0.4) is 0 Å². The first-order valence-electron chi connectivity index (χ1n) is 7.91. The molecule has 2 heterocycles. The lowest BCUT2D eigenvalue weighted by atomic mass is 9.98. The largest absolute Gasteiger partial charge is 0.327 e. The van der Waals surface area contributed by atoms with Crippen molar-refractivity contribution in [3.05, 3.63) is 53.9 Å². The van der Waals surface area contributed by atoms with Crippen LogP contribution in [0, 0.1) is 11.8 Å². The average Bonchev–Trinajstić information content (AvgIpc) is 3.14. The predicted octanol–water partition coefficient (Wildman–Crippen LogP) is 2.70. The highest BCUT2D eigenvalue weighted by molar-refractivity contribution is 5.75. The van der Waals surface area contributed by atoms with Gasteiger partial charge in [-0.1, -0.05) is 30.0 Å². The molecule has 1 aromatic carbocycles. The SMILES string of the molecule is O=C(NCC#Cc1ccccc1)N1CCCC[C@H]1c1cn[nH]c1. The van der Waals surface area contributed by atoms with Crippen molar-refractivity contribution in [1.29, 1.82) is 0 Å². The molecule has 23 heavy (non-hydrogen) atoms. The fourth-order valence-corrected chi connectivity index (χ4v) is 2.85. The van der Waals surface area contributed by atoms with E-state index in [0.717, 1.165) is 36.9 Å². The minimum Gasteiger partial charge on any atom is -0.327 e. The second kappa shape index (κ2) is 7.50. The van der Waals surface area contributed by atoms with Crippen LogP contribution in [-0.4, -0.2) is 34.2 Å². The van der Waals surface area contributed by atoms with Crippen molar-refractivity contribution in [2.24, 2.45) is 0 Å². The number of hydrogen-bond donors (Lipinski definition) is 2. The van der Waals surface area contributed by atoms with Crippen LogP contribution in [0.2, 0.25) is 0 Å². The standard InChI is InChI=1S/C18H20N4O/c23-18(19-11-6-9-15-7-2-1-3-8-15)22-12-5-4-10-17(22)16-13-20-21-14-16/h1-3,7-8,13-14,17H,4-5,10-12H2,(H,19,23)(H,20,21)/t17-/m0/s1. The minimum absolute atomic E-state index is 0.0572. The number of carbonyl (C=O) groups is 1. The van der Waals surface area contributed by atoms with E-state index in [-0.39, 0.29) is 12.1 Å². The first-order chi connectivity index (χ1) is 11.3. The average molecular weight is 308 g/mol. The van der Waals surface area contributed by atoms with Crippen molar-refractivity contribution in [2.75, 3.05) is 13.1 Å². The topological polar surface area (TPSA) is 61.0 Å². The molecule has 1 aromatic heterocycles. The van der Waals surface area contributed by atoms with Crippen molar-refractivity contribution in [1.82, 2.24) is 20.4 Å². The Morgan fingerprint density at radius 1 is 1.35 bits per heavy atom. The van der Waals surface area contributed by atoms with Gasteiger partial charge in [-0.15, -0.1) is 0 Å². The van der Waals surface area contributed by atoms with Gasteiger partial charge in [-0.2, -0.15) is 5.10 Å². The predicted molar refractivity (Wildman–Crippen MR) is 88.6 cm³/mol. The third kappa shape index (κ3) is 3.92. The summed E-state index contributed by atoms with van der Waals surface area (Å²) in [6.45, 7) is 1.12. The van der Waals surface area contributed by atoms with Gasteiger partial charge in [-0.05, 0) is 31.4 Å². The van der Waals surface area contributed by atoms with Crippen LogP contribution >= 0.6 is 0 Å². The van der Waals surface area contributed by atoms with Gasteiger partial charge >= 0.3 is 6.03 Å². The number of likely N-dealkylation sites (tertiary alicyclic amines) is 1. The quantitative estimate of drug-likeness (QED) is 0.838. The van der Waals surface area contributed by atoms with Crippen LogP contribution in [0.4, 0.5) is 4.79 Å². The van der Waals surface area contributed by atoms with Gasteiger partial charge in [0.25, 0.3) is 0 Å². The summed E-state index contributed by atoms with van der Waals surface area (Å²) < 4.78 is 0. The second-order valence-corrected chi connectivity index (χ2v) is 5.56. The molecule has 1 fully saturated rings. The number of nitrogens with zero attached hydrogens (tertiary/aromatic N) is 2. The molecule has 0 radical (unpaired) electrons. The van der Waals surface area contributed by atoms with E-state index in [1.807, 2.05) is 41.4 Å². The van der Waals surface area contributed by atoms with Crippen LogP contribution in [0.25, 0.3) is 0 Å². The van der Waals surface area contributed by atoms with E-state index in [9.17, 15) is 4.79 Å². The molecular formula is C18H20N4O. The van der Waals surface area contributed by atoms with Gasteiger partial charge in [-0.3, -0.25) is 5.10 Å². The van der Waals surface area contributed by atoms with Crippen LogP contribution in [0.1, 0.15) is 36.4 Å². The number of amides is 2. The lowest BCUT2D eigenvalue weighted by Gasteiger charge is -2.35. The van der Waals surface area contributed by atoms with Crippen molar-refractivity contribution in [2.45, 2.75) is 25.3 Å². The van der Waals surface area contributed by atoms with Gasteiger partial charge in [0, 0.05) is 23.9 Å². The van der Waals surface area contributed by atoms with Gasteiger partial charge in [0.1, 0.15) is 0 Å². The number of nitrogens with one attached hydrogen (secondary N) is 2. The molecule has 3 rings (SSSR count). The number of hydrogen-bond acceptors (Lipinski definition) is 2. The van der Waals surface area contributed by atoms with E-state index in [1.165, 1.54) is 0 Å². The maximum atomic E-state index is 12.4. The molecule has 0 unspecified atom stereocenters. The molecule has 0 bridgehead atoms. The third-order valence-corrected chi connectivity index (χ3v) is 4.00. The highest BCUT2D eigenvalue weighted by Gasteiger charge is 2.28. The fourth-order valence-electron chi connectivity index (χ4n) is 2.85. The first kappa shape index (κ1) is 15.2. The molecule has 5 heteroatoms. The normalized spacial score (nSPS) is 17.2. The lowest BCUT2D eigenvalue weighted by Crippen LogP contribution is -2.44. The van der Waals surface area contributed by atoms with Crippen molar-refractivity contribution in [3.63, 3.8) is 0 Å². The number of piperidine rings is 1. The lowest BCUT2D eigenvalue weighted by molar-refractivity contribution is 0.152. The molecule has 1 aliphatic rings. The van der Waals surface area contributed by atoms with Gasteiger partial charge in [-0.25, -0.2) is 4.79 Å². The molecule has 2 amide bonds. The van der Waals surface area contributed by atoms with Gasteiger partial charge in [0.2, 0.25) is 0 Å². The smallest absolute Gasteiger partial charge is 0.318 e. The summed E-state index contributed by atoms with van der Waals surface area (Å²) in [5.41, 5.74) is 2.02. The molecule has 0 aliphatic carbocycles. The molecule has 0 spiro atoms. The van der Waals surface area contributed by atoms with E-state index in [4.69, 9.17) is 0 Å². The molecule has 0 saturated carbocycles. The van der Waals surface area contributed by atoms with Crippen LogP contribution in [-0.2, 0) is 0 Å². The molecule has 2 aromatic rings. The number of H-pyrrole nitrogens is 1. The van der Waals surface area contributed by atoms with Crippen LogP contribution in [0.5, 0.6) is 0 Å². The molecule has 2 N–H and O–H groups in total. The molecule has 5 nitrogen and oxygen atoms in total. The number of aromatic nitrogens is 2. The molecule has 1 atom stereocenters. The third-order valence-electron chi connectivity index (χ3n) is 4.00. The Morgan fingerprint density at radius 2 is 2.22 bits per heavy atom. The Hall–Kier alpha value is -2.74. The molecule has 1 saturated heterocycles. The first-order valence-corrected chi connectivity index (χ1v) is 7.91. The zero-order valence-corrected chi connectivity index (χ0v) is 13.0. The molecule has 118 valence electrons. The van der Waals surface area contributed by atoms with Crippen molar-refractivity contribution in [3.8, 4) is 11.8 Å². The van der Waals surface area contributed by atoms with Gasteiger partial charge in [0.15, 0.2) is 0 Å². The zero-order chi connectivity index (χ0) is 15.9. The summed E-state index contributed by atoms with van der Waals surface area (Å²) in [7, 11) is 0. The van der Waals surface area contributed by atoms with E-state index >= 15 is 0 Å². The summed E-state index contributed by atoms with van der Waals surface area (Å²) in [4.78, 5) is 14.3. The number of benzene rings is 1. The van der Waals surface area contributed by atoms with E-state index in [2.05, 4.69) is 27.4 Å². The Kier molecular flexibility index (Phi) is 4.95. The van der Waals surface area contributed by atoms with Gasteiger partial charge < -0.3 is 10.2 Å². The summed E-state index contributed by atoms with van der Waals surface area (Å²) in [5, 5.41) is 9.72. The van der Waals surface area contributed by atoms with Crippen LogP contribution < -0.4 is 5.32 Å². The Labute approximate surface area is 136 Å². The Balaban J connectivity index is 1.57. The summed E-state index contributed by atoms with van der Waals surface area (Å²) in [6.07, 6.45) is 6.81. The van der Waals surface area contributed by atoms with Crippen molar-refractivity contribution >= 4 is 6.03 Å². The maximum Gasteiger partial charge on any atom is 0.318 e. The number of urea groups is 1. The van der Waals surface area contributed by atoms with Crippen LogP contribution in [0.15, 0.2) is 42.7 Å². The number of rotatable bonds is 2. The Morgan fingerprint density at radius 3 is 3.00 bits per heavy atom. The van der Waals surface area contributed by atoms with E-state index in [0.29, 0.717) is 6.54 Å². The highest BCUT2D eigenvalue weighted by Crippen LogP contribution is 2.30. The summed E-state index contributed by atoms with van der Waals surface area (Å²) in [6, 6.07) is 9.81. The van der Waals surface area contributed by atoms with E-state index < -0.39 is 0 Å². The second-order valence-electron chi connectivity index (χ2n) is 5.56. The highest BCUT2D eigenvalue weighted by atomic mass is 16.2. The maximum absolute atomic E-state index is 12.4. The number of aromatic amines is 1. The minimum atomic E-state index is -0.0572. The summed E-state index contributed by atoms with van der Waals surface area (Å²) >= 11 is 0.